The van der Waals surface area contributed by atoms with E-state index in [-0.39, 0.29) is 11.3 Å². The third kappa shape index (κ3) is 4.49. The first-order chi connectivity index (χ1) is 16.9. The highest BCUT2D eigenvalue weighted by molar-refractivity contribution is 6.51. The number of carbonyl (C=O) groups excluding carboxylic acids is 2. The summed E-state index contributed by atoms with van der Waals surface area (Å²) < 4.78 is 11.3. The van der Waals surface area contributed by atoms with E-state index < -0.39 is 17.7 Å². The van der Waals surface area contributed by atoms with Gasteiger partial charge in [-0.25, -0.2) is 0 Å². The molecule has 1 aromatic heterocycles. The van der Waals surface area contributed by atoms with Crippen LogP contribution in [0.4, 0.5) is 5.69 Å². The van der Waals surface area contributed by atoms with E-state index in [1.165, 1.54) is 4.90 Å². The van der Waals surface area contributed by atoms with E-state index in [4.69, 9.17) is 9.47 Å². The molecule has 180 valence electrons. The van der Waals surface area contributed by atoms with Crippen LogP contribution in [-0.4, -0.2) is 35.0 Å². The number of anilines is 1. The van der Waals surface area contributed by atoms with Crippen LogP contribution in [0.2, 0.25) is 0 Å². The van der Waals surface area contributed by atoms with Gasteiger partial charge < -0.3 is 14.6 Å². The van der Waals surface area contributed by atoms with Crippen molar-refractivity contribution in [3.63, 3.8) is 0 Å². The van der Waals surface area contributed by atoms with E-state index in [1.807, 2.05) is 39.8 Å². The van der Waals surface area contributed by atoms with Crippen LogP contribution in [0.15, 0.2) is 66.5 Å². The predicted molar refractivity (Wildman–Crippen MR) is 134 cm³/mol. The smallest absolute Gasteiger partial charge is 0.300 e. The molecule has 1 amide bonds. The van der Waals surface area contributed by atoms with Crippen molar-refractivity contribution in [1.29, 1.82) is 0 Å². The molecule has 0 radical (unpaired) electrons. The number of aromatic nitrogens is 1. The van der Waals surface area contributed by atoms with Gasteiger partial charge in [-0.2, -0.15) is 0 Å². The highest BCUT2D eigenvalue weighted by Gasteiger charge is 2.47. The molecule has 0 aliphatic carbocycles. The first-order valence-corrected chi connectivity index (χ1v) is 11.6. The van der Waals surface area contributed by atoms with Gasteiger partial charge in [-0.05, 0) is 74.7 Å². The molecule has 1 aliphatic rings. The standard InChI is InChI=1S/C28H28N2O5/c1-5-34-21-11-12-22(23(15-21)35-6-2)26(31)24-25(19-8-7-13-29-16-19)30(28(33)27(24)32)20-10-9-17(3)18(4)14-20/h7-16,25,31H,5-6H2,1-4H3/b26-24-. The Hall–Kier alpha value is -4.13. The Morgan fingerprint density at radius 1 is 1.00 bits per heavy atom. The van der Waals surface area contributed by atoms with Gasteiger partial charge in [-0.1, -0.05) is 12.1 Å². The van der Waals surface area contributed by atoms with Crippen molar-refractivity contribution in [1.82, 2.24) is 4.98 Å². The molecular formula is C28H28N2O5. The Bertz CT molecular complexity index is 1300. The average Bonchev–Trinajstić information content (AvgIpc) is 3.12. The van der Waals surface area contributed by atoms with Crippen LogP contribution in [0, 0.1) is 13.8 Å². The molecule has 3 aromatic rings. The molecule has 1 fully saturated rings. The van der Waals surface area contributed by atoms with Gasteiger partial charge in [0.1, 0.15) is 17.3 Å². The van der Waals surface area contributed by atoms with Crippen LogP contribution < -0.4 is 14.4 Å². The molecule has 1 aliphatic heterocycles. The number of benzene rings is 2. The lowest BCUT2D eigenvalue weighted by Crippen LogP contribution is -2.29. The molecule has 7 heteroatoms. The number of Topliss-reactive ketones (excluding diaryl/α,β-unsaturated/α-hetero) is 1. The fourth-order valence-corrected chi connectivity index (χ4v) is 4.20. The number of hydrogen-bond acceptors (Lipinski definition) is 6. The number of ketones is 1. The number of ether oxygens (including phenoxy) is 2. The summed E-state index contributed by atoms with van der Waals surface area (Å²) in [6.45, 7) is 8.44. The topological polar surface area (TPSA) is 89.0 Å². The monoisotopic (exact) mass is 472 g/mol. The molecule has 7 nitrogen and oxygen atoms in total. The van der Waals surface area contributed by atoms with Gasteiger partial charge in [0.15, 0.2) is 0 Å². The molecule has 2 aromatic carbocycles. The second kappa shape index (κ2) is 10.0. The van der Waals surface area contributed by atoms with Gasteiger partial charge in [0.25, 0.3) is 11.7 Å². The molecule has 2 heterocycles. The van der Waals surface area contributed by atoms with Crippen LogP contribution in [0.25, 0.3) is 5.76 Å². The molecule has 1 saturated heterocycles. The number of hydrogen-bond donors (Lipinski definition) is 1. The van der Waals surface area contributed by atoms with Crippen LogP contribution in [0.3, 0.4) is 0 Å². The van der Waals surface area contributed by atoms with E-state index in [1.54, 1.807) is 48.8 Å². The summed E-state index contributed by atoms with van der Waals surface area (Å²) in [4.78, 5) is 32.3. The average molecular weight is 473 g/mol. The predicted octanol–water partition coefficient (Wildman–Crippen LogP) is 5.12. The highest BCUT2D eigenvalue weighted by atomic mass is 16.5. The molecule has 1 atom stereocenters. The Kier molecular flexibility index (Phi) is 6.87. The highest BCUT2D eigenvalue weighted by Crippen LogP contribution is 2.43. The van der Waals surface area contributed by atoms with Crippen LogP contribution in [0.1, 0.15) is 42.1 Å². The van der Waals surface area contributed by atoms with Crippen molar-refractivity contribution in [3.8, 4) is 11.5 Å². The number of aliphatic hydroxyl groups excluding tert-OH is 1. The van der Waals surface area contributed by atoms with Crippen LogP contribution >= 0.6 is 0 Å². The van der Waals surface area contributed by atoms with Crippen molar-refractivity contribution < 1.29 is 24.2 Å². The first-order valence-electron chi connectivity index (χ1n) is 11.6. The van der Waals surface area contributed by atoms with Gasteiger partial charge in [0.05, 0.1) is 30.4 Å². The lowest BCUT2D eigenvalue weighted by atomic mass is 9.95. The minimum Gasteiger partial charge on any atom is -0.507 e. The van der Waals surface area contributed by atoms with Crippen LogP contribution in [0.5, 0.6) is 11.5 Å². The third-order valence-electron chi connectivity index (χ3n) is 6.03. The van der Waals surface area contributed by atoms with Crippen molar-refractivity contribution in [3.05, 3.63) is 88.8 Å². The Labute approximate surface area is 204 Å². The zero-order valence-corrected chi connectivity index (χ0v) is 20.2. The molecule has 0 saturated carbocycles. The lowest BCUT2D eigenvalue weighted by molar-refractivity contribution is -0.132. The SMILES string of the molecule is CCOc1ccc(/C(O)=C2/C(=O)C(=O)N(c3ccc(C)c(C)c3)C2c2cccnc2)c(OCC)c1. The largest absolute Gasteiger partial charge is 0.507 e. The maximum absolute atomic E-state index is 13.4. The molecule has 0 bridgehead atoms. The third-order valence-corrected chi connectivity index (χ3v) is 6.03. The Morgan fingerprint density at radius 2 is 1.77 bits per heavy atom. The second-order valence-corrected chi connectivity index (χ2v) is 8.25. The van der Waals surface area contributed by atoms with Gasteiger partial charge in [0, 0.05) is 24.1 Å². The van der Waals surface area contributed by atoms with Gasteiger partial charge in [-0.15, -0.1) is 0 Å². The number of amides is 1. The summed E-state index contributed by atoms with van der Waals surface area (Å²) in [5, 5.41) is 11.5. The summed E-state index contributed by atoms with van der Waals surface area (Å²) in [6.07, 6.45) is 3.21. The van der Waals surface area contributed by atoms with Crippen molar-refractivity contribution in [2.75, 3.05) is 18.1 Å². The number of rotatable bonds is 7. The van der Waals surface area contributed by atoms with Crippen molar-refractivity contribution in [2.45, 2.75) is 33.7 Å². The molecule has 1 unspecified atom stereocenters. The normalized spacial score (nSPS) is 17.0. The maximum Gasteiger partial charge on any atom is 0.300 e. The quantitative estimate of drug-likeness (QED) is 0.292. The molecular weight excluding hydrogens is 444 g/mol. The van der Waals surface area contributed by atoms with Gasteiger partial charge >= 0.3 is 0 Å². The maximum atomic E-state index is 13.4. The molecule has 4 rings (SSSR count). The first kappa shape index (κ1) is 24.0. The molecule has 1 N–H and O–H groups in total. The minimum atomic E-state index is -0.855. The number of aliphatic hydroxyl groups is 1. The summed E-state index contributed by atoms with van der Waals surface area (Å²) >= 11 is 0. The summed E-state index contributed by atoms with van der Waals surface area (Å²) in [6, 6.07) is 13.2. The summed E-state index contributed by atoms with van der Waals surface area (Å²) in [5.41, 5.74) is 3.52. The lowest BCUT2D eigenvalue weighted by Gasteiger charge is -2.26. The second-order valence-electron chi connectivity index (χ2n) is 8.25. The number of aryl methyl sites for hydroxylation is 2. The fraction of sp³-hybridized carbons (Fsp3) is 0.250. The Morgan fingerprint density at radius 3 is 2.43 bits per heavy atom. The van der Waals surface area contributed by atoms with Gasteiger partial charge in [0.2, 0.25) is 0 Å². The molecule has 35 heavy (non-hydrogen) atoms. The fourth-order valence-electron chi connectivity index (χ4n) is 4.20. The minimum absolute atomic E-state index is 0.0219. The van der Waals surface area contributed by atoms with Crippen LogP contribution in [-0.2, 0) is 9.59 Å². The van der Waals surface area contributed by atoms with Crippen molar-refractivity contribution in [2.24, 2.45) is 0 Å². The summed E-state index contributed by atoms with van der Waals surface area (Å²) in [7, 11) is 0. The van der Waals surface area contributed by atoms with E-state index in [2.05, 4.69) is 4.98 Å². The van der Waals surface area contributed by atoms with E-state index in [9.17, 15) is 14.7 Å². The van der Waals surface area contributed by atoms with E-state index in [0.29, 0.717) is 41.5 Å². The zero-order valence-electron chi connectivity index (χ0n) is 20.2. The number of nitrogens with zero attached hydrogens (tertiary/aromatic N) is 2. The van der Waals surface area contributed by atoms with E-state index >= 15 is 0 Å². The van der Waals surface area contributed by atoms with E-state index in [0.717, 1.165) is 11.1 Å². The van der Waals surface area contributed by atoms with Crippen molar-refractivity contribution >= 4 is 23.1 Å². The number of pyridine rings is 1. The Balaban J connectivity index is 1.93. The number of carbonyl (C=O) groups is 2. The van der Waals surface area contributed by atoms with Gasteiger partial charge in [-0.3, -0.25) is 19.5 Å². The molecule has 0 spiro atoms. The zero-order chi connectivity index (χ0) is 25.1. The summed E-state index contributed by atoms with van der Waals surface area (Å²) in [5.74, 6) is -0.862.